The number of methoxy groups -OCH3 is 1. The lowest BCUT2D eigenvalue weighted by atomic mass is 10.2. The predicted octanol–water partition coefficient (Wildman–Crippen LogP) is 1.40. The molecule has 0 atom stereocenters. The van der Waals surface area contributed by atoms with Crippen LogP contribution in [0.25, 0.3) is 5.82 Å². The Morgan fingerprint density at radius 1 is 1.43 bits per heavy atom. The van der Waals surface area contributed by atoms with Crippen molar-refractivity contribution in [3.8, 4) is 5.82 Å². The van der Waals surface area contributed by atoms with Crippen molar-refractivity contribution in [3.05, 3.63) is 24.0 Å². The number of hydrogen-bond acceptors (Lipinski definition) is 7. The van der Waals surface area contributed by atoms with Crippen molar-refractivity contribution in [3.63, 3.8) is 0 Å². The first kappa shape index (κ1) is 14.9. The van der Waals surface area contributed by atoms with Gasteiger partial charge >= 0.3 is 5.97 Å². The summed E-state index contributed by atoms with van der Waals surface area (Å²) < 4.78 is 6.02. The van der Waals surface area contributed by atoms with Gasteiger partial charge in [0.05, 0.1) is 7.11 Å². The summed E-state index contributed by atoms with van der Waals surface area (Å²) in [4.78, 5) is 24.2. The van der Waals surface area contributed by atoms with Gasteiger partial charge in [0.2, 0.25) is 0 Å². The molecule has 0 spiro atoms. The average molecular weight is 290 g/mol. The SMILES string of the molecule is CCNc1cc(-n2cnc(C(=O)OC)n2)nc(C(C)C)n1. The number of carbonyl (C=O) groups excluding carboxylic acids is 1. The van der Waals surface area contributed by atoms with E-state index in [0.717, 1.165) is 6.54 Å². The summed E-state index contributed by atoms with van der Waals surface area (Å²) in [5.74, 6) is 1.53. The minimum Gasteiger partial charge on any atom is -0.463 e. The zero-order chi connectivity index (χ0) is 15.4. The third-order valence-electron chi connectivity index (χ3n) is 2.70. The van der Waals surface area contributed by atoms with E-state index in [1.165, 1.54) is 18.1 Å². The molecule has 0 amide bonds. The highest BCUT2D eigenvalue weighted by atomic mass is 16.5. The van der Waals surface area contributed by atoms with Crippen LogP contribution in [0.3, 0.4) is 0 Å². The first-order chi connectivity index (χ1) is 10.0. The van der Waals surface area contributed by atoms with Crippen LogP contribution in [-0.4, -0.2) is 44.4 Å². The van der Waals surface area contributed by atoms with E-state index in [0.29, 0.717) is 17.5 Å². The molecule has 2 heterocycles. The van der Waals surface area contributed by atoms with Crippen molar-refractivity contribution >= 4 is 11.8 Å². The topological polar surface area (TPSA) is 94.8 Å². The van der Waals surface area contributed by atoms with Crippen molar-refractivity contribution in [2.24, 2.45) is 0 Å². The molecule has 0 aliphatic rings. The summed E-state index contributed by atoms with van der Waals surface area (Å²) >= 11 is 0. The first-order valence-electron chi connectivity index (χ1n) is 6.68. The van der Waals surface area contributed by atoms with Crippen LogP contribution in [0.2, 0.25) is 0 Å². The Morgan fingerprint density at radius 2 is 2.19 bits per heavy atom. The molecule has 0 aliphatic heterocycles. The fourth-order valence-electron chi connectivity index (χ4n) is 1.66. The van der Waals surface area contributed by atoms with Gasteiger partial charge in [0.1, 0.15) is 18.0 Å². The number of ether oxygens (including phenoxy) is 1. The van der Waals surface area contributed by atoms with Gasteiger partial charge in [0.15, 0.2) is 5.82 Å². The van der Waals surface area contributed by atoms with Crippen molar-refractivity contribution in [2.45, 2.75) is 26.7 Å². The number of anilines is 1. The maximum atomic E-state index is 11.4. The third-order valence-corrected chi connectivity index (χ3v) is 2.70. The van der Waals surface area contributed by atoms with E-state index in [9.17, 15) is 4.79 Å². The van der Waals surface area contributed by atoms with E-state index in [1.807, 2.05) is 20.8 Å². The summed E-state index contributed by atoms with van der Waals surface area (Å²) in [5.41, 5.74) is 0. The molecule has 8 nitrogen and oxygen atoms in total. The second-order valence-electron chi connectivity index (χ2n) is 4.66. The number of rotatable bonds is 5. The lowest BCUT2D eigenvalue weighted by molar-refractivity contribution is 0.0587. The minimum absolute atomic E-state index is 0.00721. The van der Waals surface area contributed by atoms with Crippen LogP contribution in [-0.2, 0) is 4.74 Å². The molecule has 0 bridgehead atoms. The highest BCUT2D eigenvalue weighted by Crippen LogP contribution is 2.16. The highest BCUT2D eigenvalue weighted by Gasteiger charge is 2.14. The fourth-order valence-corrected chi connectivity index (χ4v) is 1.66. The van der Waals surface area contributed by atoms with Crippen molar-refractivity contribution in [2.75, 3.05) is 19.0 Å². The van der Waals surface area contributed by atoms with Crippen LogP contribution in [0.4, 0.5) is 5.82 Å². The Kier molecular flexibility index (Phi) is 4.46. The zero-order valence-electron chi connectivity index (χ0n) is 12.5. The number of esters is 1. The molecule has 0 aliphatic carbocycles. The lowest BCUT2D eigenvalue weighted by Crippen LogP contribution is -2.10. The molecule has 2 aromatic heterocycles. The second-order valence-corrected chi connectivity index (χ2v) is 4.66. The van der Waals surface area contributed by atoms with Gasteiger partial charge in [-0.3, -0.25) is 0 Å². The molecular weight excluding hydrogens is 272 g/mol. The summed E-state index contributed by atoms with van der Waals surface area (Å²) in [6.07, 6.45) is 1.43. The van der Waals surface area contributed by atoms with Gasteiger partial charge < -0.3 is 10.1 Å². The number of nitrogens with one attached hydrogen (secondary N) is 1. The third kappa shape index (κ3) is 3.33. The van der Waals surface area contributed by atoms with E-state index in [2.05, 4.69) is 30.1 Å². The van der Waals surface area contributed by atoms with E-state index in [4.69, 9.17) is 0 Å². The maximum absolute atomic E-state index is 11.4. The Balaban J connectivity index is 2.42. The summed E-state index contributed by atoms with van der Waals surface area (Å²) in [5, 5.41) is 7.22. The monoisotopic (exact) mass is 290 g/mol. The number of aromatic nitrogens is 5. The second kappa shape index (κ2) is 6.29. The van der Waals surface area contributed by atoms with Crippen LogP contribution in [0.15, 0.2) is 12.4 Å². The standard InChI is InChI=1S/C13H18N6O2/c1-5-14-9-6-10(17-11(16-9)8(2)3)19-7-15-12(18-19)13(20)21-4/h6-8H,5H2,1-4H3,(H,14,16,17). The molecule has 0 saturated heterocycles. The number of hydrogen-bond donors (Lipinski definition) is 1. The van der Waals surface area contributed by atoms with Crippen LogP contribution in [0.5, 0.6) is 0 Å². The van der Waals surface area contributed by atoms with Crippen LogP contribution in [0, 0.1) is 0 Å². The molecule has 0 radical (unpaired) electrons. The maximum Gasteiger partial charge on any atom is 0.377 e. The largest absolute Gasteiger partial charge is 0.463 e. The Morgan fingerprint density at radius 3 is 2.81 bits per heavy atom. The van der Waals surface area contributed by atoms with E-state index < -0.39 is 5.97 Å². The molecule has 0 fully saturated rings. The summed E-state index contributed by atoms with van der Waals surface area (Å²) in [6, 6.07) is 1.76. The highest BCUT2D eigenvalue weighted by molar-refractivity contribution is 5.84. The molecule has 21 heavy (non-hydrogen) atoms. The lowest BCUT2D eigenvalue weighted by Gasteiger charge is -2.10. The Bertz CT molecular complexity index is 637. The van der Waals surface area contributed by atoms with Crippen molar-refractivity contribution in [1.82, 2.24) is 24.7 Å². The molecule has 112 valence electrons. The van der Waals surface area contributed by atoms with Gasteiger partial charge in [0.25, 0.3) is 5.82 Å². The van der Waals surface area contributed by atoms with Crippen molar-refractivity contribution in [1.29, 1.82) is 0 Å². The van der Waals surface area contributed by atoms with Crippen LogP contribution in [0.1, 0.15) is 43.1 Å². The van der Waals surface area contributed by atoms with E-state index in [1.54, 1.807) is 6.07 Å². The van der Waals surface area contributed by atoms with E-state index in [-0.39, 0.29) is 11.7 Å². The fraction of sp³-hybridized carbons (Fsp3) is 0.462. The first-order valence-corrected chi connectivity index (χ1v) is 6.68. The van der Waals surface area contributed by atoms with Gasteiger partial charge in [-0.05, 0) is 6.92 Å². The smallest absolute Gasteiger partial charge is 0.377 e. The van der Waals surface area contributed by atoms with Gasteiger partial charge in [-0.1, -0.05) is 13.8 Å². The Hall–Kier alpha value is -2.51. The van der Waals surface area contributed by atoms with Crippen molar-refractivity contribution < 1.29 is 9.53 Å². The molecule has 0 aromatic carbocycles. The normalized spacial score (nSPS) is 10.7. The Labute approximate surface area is 122 Å². The van der Waals surface area contributed by atoms with Gasteiger partial charge in [-0.15, -0.1) is 5.10 Å². The van der Waals surface area contributed by atoms with Crippen LogP contribution < -0.4 is 5.32 Å². The van der Waals surface area contributed by atoms with Gasteiger partial charge in [-0.2, -0.15) is 0 Å². The number of carbonyl (C=O) groups is 1. The van der Waals surface area contributed by atoms with Gasteiger partial charge in [-0.25, -0.2) is 24.4 Å². The van der Waals surface area contributed by atoms with E-state index >= 15 is 0 Å². The molecule has 0 unspecified atom stereocenters. The molecule has 0 saturated carbocycles. The molecule has 8 heteroatoms. The average Bonchev–Trinajstić information content (AvgIpc) is 2.96. The molecule has 1 N–H and O–H groups in total. The minimum atomic E-state index is -0.584. The van der Waals surface area contributed by atoms with Crippen LogP contribution >= 0.6 is 0 Å². The number of nitrogens with zero attached hydrogens (tertiary/aromatic N) is 5. The van der Waals surface area contributed by atoms with Gasteiger partial charge in [0, 0.05) is 18.5 Å². The molecular formula is C13H18N6O2. The molecule has 2 aromatic rings. The summed E-state index contributed by atoms with van der Waals surface area (Å²) in [7, 11) is 1.29. The molecule has 2 rings (SSSR count). The quantitative estimate of drug-likeness (QED) is 0.831. The zero-order valence-corrected chi connectivity index (χ0v) is 12.5. The summed E-state index contributed by atoms with van der Waals surface area (Å²) in [6.45, 7) is 6.76. The predicted molar refractivity (Wildman–Crippen MR) is 76.5 cm³/mol.